The number of carbonyl (C=O) groups is 1. The van der Waals surface area contributed by atoms with E-state index in [-0.39, 0.29) is 12.1 Å². The van der Waals surface area contributed by atoms with Crippen molar-refractivity contribution in [3.05, 3.63) is 48.6 Å². The van der Waals surface area contributed by atoms with Crippen LogP contribution in [-0.4, -0.2) is 26.3 Å². The van der Waals surface area contributed by atoms with E-state index < -0.39 is 0 Å². The predicted molar refractivity (Wildman–Crippen MR) is 97.0 cm³/mol. The van der Waals surface area contributed by atoms with Crippen molar-refractivity contribution in [1.82, 2.24) is 0 Å². The van der Waals surface area contributed by atoms with Crippen LogP contribution in [0, 0.1) is 0 Å². The quantitative estimate of drug-likeness (QED) is 0.334. The van der Waals surface area contributed by atoms with Crippen LogP contribution in [0.4, 0.5) is 0 Å². The Kier molecular flexibility index (Phi) is 8.69. The Hall–Kier alpha value is -2.23. The van der Waals surface area contributed by atoms with Crippen molar-refractivity contribution in [2.24, 2.45) is 0 Å². The SMILES string of the molecule is C=CCCC[C@@H](C)OC(=O)c1c(CCC=C)cc(OC)cc1OC. The predicted octanol–water partition coefficient (Wildman–Crippen LogP) is 4.72. The Morgan fingerprint density at radius 2 is 1.88 bits per heavy atom. The van der Waals surface area contributed by atoms with Gasteiger partial charge in [0, 0.05) is 6.07 Å². The Balaban J connectivity index is 3.02. The number of ether oxygens (including phenoxy) is 3. The topological polar surface area (TPSA) is 44.8 Å². The van der Waals surface area contributed by atoms with Crippen LogP contribution in [0.3, 0.4) is 0 Å². The van der Waals surface area contributed by atoms with E-state index in [1.165, 1.54) is 7.11 Å². The molecule has 0 amide bonds. The van der Waals surface area contributed by atoms with Crippen LogP contribution >= 0.6 is 0 Å². The number of aryl methyl sites for hydroxylation is 1. The number of hydrogen-bond acceptors (Lipinski definition) is 4. The number of hydrogen-bond donors (Lipinski definition) is 0. The Morgan fingerprint density at radius 1 is 1.17 bits per heavy atom. The van der Waals surface area contributed by atoms with Gasteiger partial charge in [-0.2, -0.15) is 0 Å². The lowest BCUT2D eigenvalue weighted by Gasteiger charge is -2.18. The molecule has 4 heteroatoms. The minimum absolute atomic E-state index is 0.156. The lowest BCUT2D eigenvalue weighted by molar-refractivity contribution is 0.0316. The van der Waals surface area contributed by atoms with E-state index in [1.54, 1.807) is 13.2 Å². The number of unbranched alkanes of at least 4 members (excludes halogenated alkanes) is 1. The van der Waals surface area contributed by atoms with E-state index in [1.807, 2.05) is 25.1 Å². The summed E-state index contributed by atoms with van der Waals surface area (Å²) in [4.78, 5) is 12.7. The fourth-order valence-electron chi connectivity index (χ4n) is 2.46. The van der Waals surface area contributed by atoms with Gasteiger partial charge in [0.05, 0.1) is 20.3 Å². The molecule has 0 fully saturated rings. The van der Waals surface area contributed by atoms with Gasteiger partial charge in [-0.15, -0.1) is 13.2 Å². The van der Waals surface area contributed by atoms with Crippen LogP contribution < -0.4 is 9.47 Å². The Bertz CT molecular complexity index is 563. The summed E-state index contributed by atoms with van der Waals surface area (Å²) < 4.78 is 16.3. The number of esters is 1. The molecule has 0 aliphatic heterocycles. The highest BCUT2D eigenvalue weighted by molar-refractivity contribution is 5.94. The van der Waals surface area contributed by atoms with E-state index in [9.17, 15) is 4.79 Å². The van der Waals surface area contributed by atoms with Crippen molar-refractivity contribution < 1.29 is 19.0 Å². The second kappa shape index (κ2) is 10.5. The molecule has 0 aliphatic rings. The molecule has 4 nitrogen and oxygen atoms in total. The molecule has 0 radical (unpaired) electrons. The fourth-order valence-corrected chi connectivity index (χ4v) is 2.46. The summed E-state index contributed by atoms with van der Waals surface area (Å²) in [5.41, 5.74) is 1.31. The minimum atomic E-state index is -0.361. The maximum absolute atomic E-state index is 12.7. The van der Waals surface area contributed by atoms with Crippen LogP contribution in [-0.2, 0) is 11.2 Å². The molecule has 0 heterocycles. The first-order chi connectivity index (χ1) is 11.6. The Labute approximate surface area is 145 Å². The minimum Gasteiger partial charge on any atom is -0.497 e. The smallest absolute Gasteiger partial charge is 0.342 e. The zero-order valence-corrected chi connectivity index (χ0v) is 15.0. The van der Waals surface area contributed by atoms with Crippen LogP contribution in [0.15, 0.2) is 37.4 Å². The molecule has 0 saturated carbocycles. The molecule has 0 aliphatic carbocycles. The van der Waals surface area contributed by atoms with Crippen molar-refractivity contribution in [2.45, 2.75) is 45.1 Å². The maximum Gasteiger partial charge on any atom is 0.342 e. The van der Waals surface area contributed by atoms with Gasteiger partial charge in [-0.1, -0.05) is 12.2 Å². The van der Waals surface area contributed by atoms with Gasteiger partial charge in [0.15, 0.2) is 0 Å². The highest BCUT2D eigenvalue weighted by Gasteiger charge is 2.22. The van der Waals surface area contributed by atoms with Gasteiger partial charge in [-0.25, -0.2) is 4.79 Å². The molecule has 1 aromatic carbocycles. The van der Waals surface area contributed by atoms with Crippen molar-refractivity contribution in [3.8, 4) is 11.5 Å². The maximum atomic E-state index is 12.7. The average molecular weight is 332 g/mol. The standard InChI is InChI=1S/C20H28O4/c1-6-8-10-11-15(3)24-20(21)19-16(12-9-7-2)13-17(22-4)14-18(19)23-5/h6-7,13-15H,1-2,8-12H2,3-5H3/t15-/m1/s1. The van der Waals surface area contributed by atoms with E-state index >= 15 is 0 Å². The molecule has 1 rings (SSSR count). The molecular formula is C20H28O4. The summed E-state index contributed by atoms with van der Waals surface area (Å²) in [7, 11) is 3.13. The van der Waals surface area contributed by atoms with Crippen molar-refractivity contribution in [2.75, 3.05) is 14.2 Å². The molecule has 24 heavy (non-hydrogen) atoms. The van der Waals surface area contributed by atoms with E-state index in [4.69, 9.17) is 14.2 Å². The van der Waals surface area contributed by atoms with E-state index in [0.717, 1.165) is 31.2 Å². The third-order valence-corrected chi connectivity index (χ3v) is 3.76. The molecule has 0 saturated heterocycles. The first-order valence-corrected chi connectivity index (χ1v) is 8.25. The van der Waals surface area contributed by atoms with Gasteiger partial charge in [0.2, 0.25) is 0 Å². The van der Waals surface area contributed by atoms with Crippen molar-refractivity contribution in [3.63, 3.8) is 0 Å². The molecule has 132 valence electrons. The Morgan fingerprint density at radius 3 is 2.46 bits per heavy atom. The van der Waals surface area contributed by atoms with Gasteiger partial charge in [0.1, 0.15) is 17.1 Å². The zero-order chi connectivity index (χ0) is 17.9. The summed E-state index contributed by atoms with van der Waals surface area (Å²) in [6, 6.07) is 3.56. The fraction of sp³-hybridized carbons (Fsp3) is 0.450. The molecular weight excluding hydrogens is 304 g/mol. The number of methoxy groups -OCH3 is 2. The summed E-state index contributed by atoms with van der Waals surface area (Å²) in [5.74, 6) is 0.762. The monoisotopic (exact) mass is 332 g/mol. The molecule has 0 unspecified atom stereocenters. The van der Waals surface area contributed by atoms with Crippen LogP contribution in [0.2, 0.25) is 0 Å². The third-order valence-electron chi connectivity index (χ3n) is 3.76. The number of benzene rings is 1. The molecule has 0 bridgehead atoms. The second-order valence-corrected chi connectivity index (χ2v) is 5.63. The summed E-state index contributed by atoms with van der Waals surface area (Å²) in [6.45, 7) is 9.34. The highest BCUT2D eigenvalue weighted by Crippen LogP contribution is 2.31. The summed E-state index contributed by atoms with van der Waals surface area (Å²) in [6.07, 6.45) is 7.62. The molecule has 0 aromatic heterocycles. The van der Waals surface area contributed by atoms with Crippen LogP contribution in [0.25, 0.3) is 0 Å². The van der Waals surface area contributed by atoms with E-state index in [2.05, 4.69) is 13.2 Å². The average Bonchev–Trinajstić information content (AvgIpc) is 2.58. The van der Waals surface area contributed by atoms with Crippen molar-refractivity contribution >= 4 is 5.97 Å². The third kappa shape index (κ3) is 5.76. The van der Waals surface area contributed by atoms with Crippen LogP contribution in [0.5, 0.6) is 11.5 Å². The normalized spacial score (nSPS) is 11.5. The number of carbonyl (C=O) groups excluding carboxylic acids is 1. The molecule has 0 N–H and O–H groups in total. The number of allylic oxidation sites excluding steroid dienone is 2. The molecule has 1 atom stereocenters. The van der Waals surface area contributed by atoms with Crippen LogP contribution in [0.1, 0.15) is 48.5 Å². The first-order valence-electron chi connectivity index (χ1n) is 8.25. The highest BCUT2D eigenvalue weighted by atomic mass is 16.5. The van der Waals surface area contributed by atoms with Gasteiger partial charge in [-0.3, -0.25) is 0 Å². The van der Waals surface area contributed by atoms with Gasteiger partial charge in [-0.05, 0) is 50.7 Å². The second-order valence-electron chi connectivity index (χ2n) is 5.63. The number of rotatable bonds is 11. The summed E-state index contributed by atoms with van der Waals surface area (Å²) >= 11 is 0. The summed E-state index contributed by atoms with van der Waals surface area (Å²) in [5, 5.41) is 0. The first kappa shape index (κ1) is 19.8. The van der Waals surface area contributed by atoms with Gasteiger partial charge >= 0.3 is 5.97 Å². The molecule has 0 spiro atoms. The molecule has 1 aromatic rings. The lowest BCUT2D eigenvalue weighted by Crippen LogP contribution is -2.17. The van der Waals surface area contributed by atoms with E-state index in [0.29, 0.717) is 23.5 Å². The lowest BCUT2D eigenvalue weighted by atomic mass is 10.0. The van der Waals surface area contributed by atoms with Gasteiger partial charge < -0.3 is 14.2 Å². The van der Waals surface area contributed by atoms with Crippen molar-refractivity contribution in [1.29, 1.82) is 0 Å². The largest absolute Gasteiger partial charge is 0.497 e. The van der Waals surface area contributed by atoms with Gasteiger partial charge in [0.25, 0.3) is 0 Å². The zero-order valence-electron chi connectivity index (χ0n) is 15.0.